The quantitative estimate of drug-likeness (QED) is 0.679. The molecule has 1 aromatic heterocycles. The highest BCUT2D eigenvalue weighted by molar-refractivity contribution is 7.98. The van der Waals surface area contributed by atoms with Crippen LogP contribution >= 0.6 is 11.8 Å². The Balaban J connectivity index is 2.96. The SMILES string of the molecule is CSC(c1cc[n+](C)cc1)C(C)(C)C. The van der Waals surface area contributed by atoms with Crippen LogP contribution in [0.25, 0.3) is 0 Å². The van der Waals surface area contributed by atoms with E-state index in [1.54, 1.807) is 0 Å². The summed E-state index contributed by atoms with van der Waals surface area (Å²) in [5.74, 6) is 0. The second-order valence-electron chi connectivity index (χ2n) is 4.78. The smallest absolute Gasteiger partial charge is 0.168 e. The van der Waals surface area contributed by atoms with Gasteiger partial charge < -0.3 is 0 Å². The van der Waals surface area contributed by atoms with Gasteiger partial charge in [0.15, 0.2) is 12.4 Å². The third-order valence-electron chi connectivity index (χ3n) is 2.33. The lowest BCUT2D eigenvalue weighted by Gasteiger charge is -2.29. The number of rotatable bonds is 2. The average Bonchev–Trinajstić information content (AvgIpc) is 2.07. The Kier molecular flexibility index (Phi) is 3.59. The van der Waals surface area contributed by atoms with Crippen LogP contribution in [0, 0.1) is 5.41 Å². The minimum atomic E-state index is 0.319. The molecular formula is C12H20NS+. The standard InChI is InChI=1S/C12H20NS/c1-12(2,3)11(14-5)10-6-8-13(4)9-7-10/h6-9,11H,1-5H3/q+1. The highest BCUT2D eigenvalue weighted by Crippen LogP contribution is 2.41. The molecule has 0 aliphatic heterocycles. The van der Waals surface area contributed by atoms with Crippen LogP contribution in [0.1, 0.15) is 31.6 Å². The number of hydrogen-bond acceptors (Lipinski definition) is 1. The normalized spacial score (nSPS) is 14.1. The first-order valence-electron chi connectivity index (χ1n) is 4.93. The highest BCUT2D eigenvalue weighted by Gasteiger charge is 2.25. The van der Waals surface area contributed by atoms with Gasteiger partial charge in [0.2, 0.25) is 0 Å². The van der Waals surface area contributed by atoms with Crippen LogP contribution in [-0.4, -0.2) is 6.26 Å². The van der Waals surface area contributed by atoms with Crippen LogP contribution in [0.4, 0.5) is 0 Å². The predicted molar refractivity (Wildman–Crippen MR) is 63.3 cm³/mol. The summed E-state index contributed by atoms with van der Waals surface area (Å²) in [6, 6.07) is 4.43. The maximum absolute atomic E-state index is 2.29. The van der Waals surface area contributed by atoms with Gasteiger partial charge in [-0.05, 0) is 17.2 Å². The molecule has 0 radical (unpaired) electrons. The molecule has 0 amide bonds. The number of aromatic nitrogens is 1. The third-order valence-corrected chi connectivity index (χ3v) is 3.78. The van der Waals surface area contributed by atoms with Gasteiger partial charge in [-0.15, -0.1) is 0 Å². The van der Waals surface area contributed by atoms with Crippen LogP contribution in [0.15, 0.2) is 24.5 Å². The van der Waals surface area contributed by atoms with E-state index in [0.717, 1.165) is 0 Å². The zero-order chi connectivity index (χ0) is 10.8. The summed E-state index contributed by atoms with van der Waals surface area (Å²) in [6.07, 6.45) is 6.41. The highest BCUT2D eigenvalue weighted by atomic mass is 32.2. The van der Waals surface area contributed by atoms with Crippen molar-refractivity contribution in [2.24, 2.45) is 12.5 Å². The van der Waals surface area contributed by atoms with Gasteiger partial charge in [0.05, 0.1) is 0 Å². The summed E-state index contributed by atoms with van der Waals surface area (Å²) < 4.78 is 2.07. The van der Waals surface area contributed by atoms with Crippen LogP contribution in [0.3, 0.4) is 0 Å². The Morgan fingerprint density at radius 3 is 2.07 bits per heavy atom. The van der Waals surface area contributed by atoms with Gasteiger partial charge >= 0.3 is 0 Å². The molecule has 0 fully saturated rings. The summed E-state index contributed by atoms with van der Waals surface area (Å²) >= 11 is 1.93. The molecule has 0 spiro atoms. The van der Waals surface area contributed by atoms with Gasteiger partial charge in [-0.3, -0.25) is 0 Å². The molecule has 0 aliphatic rings. The van der Waals surface area contributed by atoms with Crippen molar-refractivity contribution >= 4 is 11.8 Å². The van der Waals surface area contributed by atoms with E-state index in [1.807, 2.05) is 11.8 Å². The van der Waals surface area contributed by atoms with Crippen LogP contribution in [0.5, 0.6) is 0 Å². The van der Waals surface area contributed by atoms with Crippen LogP contribution < -0.4 is 4.57 Å². The largest absolute Gasteiger partial charge is 0.208 e. The van der Waals surface area contributed by atoms with Crippen molar-refractivity contribution in [3.8, 4) is 0 Å². The molecule has 78 valence electrons. The Labute approximate surface area is 91.5 Å². The Morgan fingerprint density at radius 2 is 1.71 bits per heavy atom. The lowest BCUT2D eigenvalue weighted by atomic mass is 9.88. The molecule has 0 N–H and O–H groups in total. The van der Waals surface area contributed by atoms with E-state index >= 15 is 0 Å². The van der Waals surface area contributed by atoms with Crippen molar-refractivity contribution in [2.75, 3.05) is 6.26 Å². The van der Waals surface area contributed by atoms with E-state index in [1.165, 1.54) is 5.56 Å². The zero-order valence-corrected chi connectivity index (χ0v) is 10.6. The average molecular weight is 210 g/mol. The molecule has 0 saturated carbocycles. The number of nitrogens with zero attached hydrogens (tertiary/aromatic N) is 1. The van der Waals surface area contributed by atoms with Crippen LogP contribution in [-0.2, 0) is 7.05 Å². The van der Waals surface area contributed by atoms with Gasteiger partial charge in [0.25, 0.3) is 0 Å². The Morgan fingerprint density at radius 1 is 1.21 bits per heavy atom. The number of thioether (sulfide) groups is 1. The van der Waals surface area contributed by atoms with E-state index in [2.05, 4.69) is 63.2 Å². The maximum Gasteiger partial charge on any atom is 0.168 e. The number of pyridine rings is 1. The van der Waals surface area contributed by atoms with Crippen molar-refractivity contribution in [2.45, 2.75) is 26.0 Å². The second kappa shape index (κ2) is 4.35. The van der Waals surface area contributed by atoms with E-state index in [4.69, 9.17) is 0 Å². The Bertz CT molecular complexity index is 284. The van der Waals surface area contributed by atoms with Crippen molar-refractivity contribution in [1.29, 1.82) is 0 Å². The first-order valence-corrected chi connectivity index (χ1v) is 6.22. The lowest BCUT2D eigenvalue weighted by molar-refractivity contribution is -0.671. The molecule has 1 unspecified atom stereocenters. The molecule has 0 saturated heterocycles. The monoisotopic (exact) mass is 210 g/mol. The summed E-state index contributed by atoms with van der Waals surface area (Å²) in [4.78, 5) is 0. The fraction of sp³-hybridized carbons (Fsp3) is 0.583. The fourth-order valence-corrected chi connectivity index (χ4v) is 2.81. The minimum absolute atomic E-state index is 0.319. The molecule has 0 bridgehead atoms. The number of hydrogen-bond donors (Lipinski definition) is 0. The molecule has 14 heavy (non-hydrogen) atoms. The number of aryl methyl sites for hydroxylation is 1. The molecular weight excluding hydrogens is 190 g/mol. The van der Waals surface area contributed by atoms with Crippen molar-refractivity contribution in [3.05, 3.63) is 30.1 Å². The second-order valence-corrected chi connectivity index (χ2v) is 5.72. The topological polar surface area (TPSA) is 3.88 Å². The first-order chi connectivity index (χ1) is 6.45. The summed E-state index contributed by atoms with van der Waals surface area (Å²) in [5.41, 5.74) is 1.74. The molecule has 1 rings (SSSR count). The van der Waals surface area contributed by atoms with Gasteiger partial charge in [-0.2, -0.15) is 11.8 Å². The molecule has 1 aromatic rings. The van der Waals surface area contributed by atoms with E-state index in [-0.39, 0.29) is 0 Å². The maximum atomic E-state index is 2.29. The molecule has 1 atom stereocenters. The first kappa shape index (κ1) is 11.6. The fourth-order valence-electron chi connectivity index (χ4n) is 1.68. The van der Waals surface area contributed by atoms with Gasteiger partial charge in [0, 0.05) is 17.4 Å². The van der Waals surface area contributed by atoms with Gasteiger partial charge in [-0.1, -0.05) is 20.8 Å². The van der Waals surface area contributed by atoms with Crippen molar-refractivity contribution < 1.29 is 4.57 Å². The van der Waals surface area contributed by atoms with E-state index < -0.39 is 0 Å². The minimum Gasteiger partial charge on any atom is -0.208 e. The van der Waals surface area contributed by atoms with Crippen molar-refractivity contribution in [3.63, 3.8) is 0 Å². The molecule has 0 aromatic carbocycles. The third kappa shape index (κ3) is 2.74. The van der Waals surface area contributed by atoms with Gasteiger partial charge in [-0.25, -0.2) is 4.57 Å². The Hall–Kier alpha value is -0.500. The summed E-state index contributed by atoms with van der Waals surface area (Å²) in [6.45, 7) is 6.88. The summed E-state index contributed by atoms with van der Waals surface area (Å²) in [7, 11) is 2.05. The molecule has 1 nitrogen and oxygen atoms in total. The van der Waals surface area contributed by atoms with E-state index in [9.17, 15) is 0 Å². The molecule has 2 heteroatoms. The van der Waals surface area contributed by atoms with E-state index in [0.29, 0.717) is 10.7 Å². The molecule has 0 aliphatic carbocycles. The van der Waals surface area contributed by atoms with Gasteiger partial charge in [0.1, 0.15) is 7.05 Å². The summed E-state index contributed by atoms with van der Waals surface area (Å²) in [5, 5.41) is 0.573. The zero-order valence-electron chi connectivity index (χ0n) is 9.74. The molecule has 1 heterocycles. The predicted octanol–water partition coefficient (Wildman–Crippen LogP) is 2.96. The van der Waals surface area contributed by atoms with Crippen LogP contribution in [0.2, 0.25) is 0 Å². The lowest BCUT2D eigenvalue weighted by Crippen LogP contribution is -2.27. The van der Waals surface area contributed by atoms with Crippen molar-refractivity contribution in [1.82, 2.24) is 0 Å².